The summed E-state index contributed by atoms with van der Waals surface area (Å²) < 4.78 is 0. The molecule has 3 rings (SSSR count). The van der Waals surface area contributed by atoms with Gasteiger partial charge in [0.05, 0.1) is 6.04 Å². The number of nitrogens with one attached hydrogen (secondary N) is 1. The van der Waals surface area contributed by atoms with Crippen molar-refractivity contribution in [3.8, 4) is 0 Å². The van der Waals surface area contributed by atoms with E-state index in [-0.39, 0.29) is 17.9 Å². The van der Waals surface area contributed by atoms with Crippen LogP contribution in [0.25, 0.3) is 0 Å². The Bertz CT molecular complexity index is 750. The molecule has 0 aromatic heterocycles. The normalized spacial score (nSPS) is 14.7. The number of nitrogens with zero attached hydrogens (tertiary/aromatic N) is 2. The SMILES string of the molecule is O=C(CCCCCC(=O)N1CCN(C(c2ccccc2)c2ccccc2)CC1)NO. The van der Waals surface area contributed by atoms with Crippen LogP contribution in [0.3, 0.4) is 0 Å². The van der Waals surface area contributed by atoms with Crippen LogP contribution in [-0.2, 0) is 9.59 Å². The Labute approximate surface area is 178 Å². The average molecular weight is 410 g/mol. The maximum atomic E-state index is 12.6. The Morgan fingerprint density at radius 1 is 0.800 bits per heavy atom. The van der Waals surface area contributed by atoms with Crippen LogP contribution in [0.2, 0.25) is 0 Å². The number of hydroxylamine groups is 1. The number of rotatable bonds is 9. The number of hydrogen-bond donors (Lipinski definition) is 2. The quantitative estimate of drug-likeness (QED) is 0.378. The molecule has 0 atom stereocenters. The highest BCUT2D eigenvalue weighted by Gasteiger charge is 2.27. The number of hydrogen-bond acceptors (Lipinski definition) is 4. The van der Waals surface area contributed by atoms with Gasteiger partial charge in [0, 0.05) is 39.0 Å². The van der Waals surface area contributed by atoms with Crippen LogP contribution in [0.15, 0.2) is 60.7 Å². The Morgan fingerprint density at radius 3 is 1.87 bits per heavy atom. The van der Waals surface area contributed by atoms with Crippen LogP contribution in [0.5, 0.6) is 0 Å². The Balaban J connectivity index is 1.52. The van der Waals surface area contributed by atoms with Gasteiger partial charge in [-0.1, -0.05) is 67.1 Å². The van der Waals surface area contributed by atoms with Crippen LogP contribution >= 0.6 is 0 Å². The van der Waals surface area contributed by atoms with Crippen LogP contribution < -0.4 is 5.48 Å². The summed E-state index contributed by atoms with van der Waals surface area (Å²) in [6, 6.07) is 21.3. The number of unbranched alkanes of at least 4 members (excludes halogenated alkanes) is 2. The van der Waals surface area contributed by atoms with E-state index in [9.17, 15) is 9.59 Å². The molecule has 0 bridgehead atoms. The smallest absolute Gasteiger partial charge is 0.243 e. The van der Waals surface area contributed by atoms with Crippen LogP contribution in [0.4, 0.5) is 0 Å². The van der Waals surface area contributed by atoms with E-state index in [4.69, 9.17) is 5.21 Å². The standard InChI is InChI=1S/C24H31N3O3/c28-22(25-30)14-8-3-9-15-23(29)26-16-18-27(19-17-26)24(20-10-4-1-5-11-20)21-12-6-2-7-13-21/h1-2,4-7,10-13,24,30H,3,8-9,14-19H2,(H,25,28). The molecule has 6 heteroatoms. The molecule has 0 radical (unpaired) electrons. The first kappa shape index (κ1) is 22.0. The van der Waals surface area contributed by atoms with E-state index >= 15 is 0 Å². The van der Waals surface area contributed by atoms with E-state index < -0.39 is 0 Å². The molecule has 1 aliphatic rings. The Kier molecular flexibility index (Phi) is 8.41. The third kappa shape index (κ3) is 6.15. The molecule has 0 unspecified atom stereocenters. The van der Waals surface area contributed by atoms with Crippen molar-refractivity contribution in [2.24, 2.45) is 0 Å². The van der Waals surface area contributed by atoms with Gasteiger partial charge in [0.1, 0.15) is 0 Å². The molecule has 0 aliphatic carbocycles. The highest BCUT2D eigenvalue weighted by Crippen LogP contribution is 2.29. The first-order valence-electron chi connectivity index (χ1n) is 10.7. The summed E-state index contributed by atoms with van der Waals surface area (Å²) in [5.74, 6) is -0.180. The van der Waals surface area contributed by atoms with E-state index in [1.807, 2.05) is 17.0 Å². The van der Waals surface area contributed by atoms with Crippen molar-refractivity contribution in [2.45, 2.75) is 38.1 Å². The van der Waals surface area contributed by atoms with E-state index in [0.717, 1.165) is 39.0 Å². The van der Waals surface area contributed by atoms with Gasteiger partial charge in [-0.2, -0.15) is 0 Å². The zero-order valence-electron chi connectivity index (χ0n) is 17.4. The highest BCUT2D eigenvalue weighted by molar-refractivity contribution is 5.76. The summed E-state index contributed by atoms with van der Waals surface area (Å²) in [6.45, 7) is 3.16. The van der Waals surface area contributed by atoms with Gasteiger partial charge in [-0.3, -0.25) is 19.7 Å². The summed E-state index contributed by atoms with van der Waals surface area (Å²) in [4.78, 5) is 28.0. The molecule has 6 nitrogen and oxygen atoms in total. The molecular weight excluding hydrogens is 378 g/mol. The largest absolute Gasteiger partial charge is 0.340 e. The molecule has 2 amide bonds. The summed E-state index contributed by atoms with van der Waals surface area (Å²) in [7, 11) is 0. The van der Waals surface area contributed by atoms with E-state index in [2.05, 4.69) is 53.4 Å². The highest BCUT2D eigenvalue weighted by atomic mass is 16.5. The lowest BCUT2D eigenvalue weighted by molar-refractivity contribution is -0.133. The molecule has 30 heavy (non-hydrogen) atoms. The van der Waals surface area contributed by atoms with Crippen molar-refractivity contribution < 1.29 is 14.8 Å². The fourth-order valence-electron chi connectivity index (χ4n) is 4.07. The first-order chi connectivity index (χ1) is 14.7. The maximum Gasteiger partial charge on any atom is 0.243 e. The molecule has 2 aromatic rings. The lowest BCUT2D eigenvalue weighted by Gasteiger charge is -2.40. The lowest BCUT2D eigenvalue weighted by atomic mass is 9.96. The summed E-state index contributed by atoms with van der Waals surface area (Å²) in [5.41, 5.74) is 4.18. The van der Waals surface area contributed by atoms with E-state index in [0.29, 0.717) is 19.3 Å². The molecule has 0 saturated carbocycles. The van der Waals surface area contributed by atoms with Gasteiger partial charge < -0.3 is 4.90 Å². The van der Waals surface area contributed by atoms with Crippen molar-refractivity contribution in [2.75, 3.05) is 26.2 Å². The lowest BCUT2D eigenvalue weighted by Crippen LogP contribution is -2.49. The van der Waals surface area contributed by atoms with Crippen LogP contribution in [0.1, 0.15) is 49.3 Å². The fourth-order valence-corrected chi connectivity index (χ4v) is 4.07. The predicted octanol–water partition coefficient (Wildman–Crippen LogP) is 3.38. The van der Waals surface area contributed by atoms with Gasteiger partial charge in [0.2, 0.25) is 11.8 Å². The molecule has 1 aliphatic heterocycles. The maximum absolute atomic E-state index is 12.6. The van der Waals surface area contributed by atoms with E-state index in [1.54, 1.807) is 5.48 Å². The number of piperazine rings is 1. The van der Waals surface area contributed by atoms with E-state index in [1.165, 1.54) is 11.1 Å². The molecule has 2 aromatic carbocycles. The minimum atomic E-state index is -0.371. The van der Waals surface area contributed by atoms with Crippen molar-refractivity contribution in [3.63, 3.8) is 0 Å². The Hall–Kier alpha value is -2.70. The second kappa shape index (κ2) is 11.5. The molecule has 1 heterocycles. The molecule has 1 fully saturated rings. The van der Waals surface area contributed by atoms with Crippen molar-refractivity contribution in [1.82, 2.24) is 15.3 Å². The second-order valence-electron chi connectivity index (χ2n) is 7.74. The molecule has 160 valence electrons. The number of carbonyl (C=O) groups excluding carboxylic acids is 2. The molecule has 0 spiro atoms. The van der Waals surface area contributed by atoms with Crippen molar-refractivity contribution in [3.05, 3.63) is 71.8 Å². The summed E-state index contributed by atoms with van der Waals surface area (Å²) in [5, 5.41) is 8.49. The van der Waals surface area contributed by atoms with Gasteiger partial charge in [-0.25, -0.2) is 5.48 Å². The van der Waals surface area contributed by atoms with Gasteiger partial charge in [0.25, 0.3) is 0 Å². The van der Waals surface area contributed by atoms with Crippen LogP contribution in [-0.4, -0.2) is 53.0 Å². The van der Waals surface area contributed by atoms with Gasteiger partial charge in [-0.15, -0.1) is 0 Å². The molecule has 1 saturated heterocycles. The van der Waals surface area contributed by atoms with Gasteiger partial charge in [-0.05, 0) is 24.0 Å². The summed E-state index contributed by atoms with van der Waals surface area (Å²) >= 11 is 0. The number of benzene rings is 2. The molecular formula is C24H31N3O3. The fraction of sp³-hybridized carbons (Fsp3) is 0.417. The second-order valence-corrected chi connectivity index (χ2v) is 7.74. The third-order valence-corrected chi connectivity index (χ3v) is 5.68. The minimum Gasteiger partial charge on any atom is -0.340 e. The zero-order valence-corrected chi connectivity index (χ0v) is 17.4. The Morgan fingerprint density at radius 2 is 1.33 bits per heavy atom. The zero-order chi connectivity index (χ0) is 21.2. The minimum absolute atomic E-state index is 0.192. The third-order valence-electron chi connectivity index (χ3n) is 5.68. The molecule has 2 N–H and O–H groups in total. The van der Waals surface area contributed by atoms with Crippen LogP contribution in [0, 0.1) is 0 Å². The summed E-state index contributed by atoms with van der Waals surface area (Å²) in [6.07, 6.45) is 3.08. The number of amides is 2. The topological polar surface area (TPSA) is 72.9 Å². The number of carbonyl (C=O) groups is 2. The average Bonchev–Trinajstić information content (AvgIpc) is 2.80. The first-order valence-corrected chi connectivity index (χ1v) is 10.7. The van der Waals surface area contributed by atoms with Crippen molar-refractivity contribution >= 4 is 11.8 Å². The van der Waals surface area contributed by atoms with Gasteiger partial charge >= 0.3 is 0 Å². The van der Waals surface area contributed by atoms with Crippen molar-refractivity contribution in [1.29, 1.82) is 0 Å². The monoisotopic (exact) mass is 409 g/mol. The van der Waals surface area contributed by atoms with Gasteiger partial charge in [0.15, 0.2) is 0 Å². The predicted molar refractivity (Wildman–Crippen MR) is 116 cm³/mol.